The number of hydrogen-bond donors (Lipinski definition) is 4. The fraction of sp³-hybridized carbons (Fsp3) is 0.571. The van der Waals surface area contributed by atoms with E-state index in [1.165, 1.54) is 6.92 Å². The van der Waals surface area contributed by atoms with Crippen molar-refractivity contribution in [2.75, 3.05) is 13.1 Å². The van der Waals surface area contributed by atoms with Crippen LogP contribution in [0.2, 0.25) is 0 Å². The third-order valence-electron chi connectivity index (χ3n) is 1.29. The van der Waals surface area contributed by atoms with Crippen LogP contribution >= 0.6 is 0 Å². The second-order valence-corrected chi connectivity index (χ2v) is 2.63. The van der Waals surface area contributed by atoms with Crippen LogP contribution < -0.4 is 22.1 Å². The highest BCUT2D eigenvalue weighted by Crippen LogP contribution is 1.84. The second-order valence-electron chi connectivity index (χ2n) is 2.63. The van der Waals surface area contributed by atoms with Gasteiger partial charge in [-0.25, -0.2) is 4.79 Å². The molecule has 0 spiro atoms. The lowest BCUT2D eigenvalue weighted by Crippen LogP contribution is -2.44. The lowest BCUT2D eigenvalue weighted by Gasteiger charge is -2.13. The molecular weight excluding hydrogens is 204 g/mol. The highest BCUT2D eigenvalue weighted by atomic mass is 16.6. The molecule has 0 aliphatic rings. The molecule has 0 fully saturated rings. The Morgan fingerprint density at radius 3 is 2.40 bits per heavy atom. The summed E-state index contributed by atoms with van der Waals surface area (Å²) in [6.45, 7) is 0.997. The molecule has 15 heavy (non-hydrogen) atoms. The van der Waals surface area contributed by atoms with E-state index in [1.54, 1.807) is 0 Å². The van der Waals surface area contributed by atoms with Gasteiger partial charge >= 0.3 is 6.09 Å². The molecule has 0 saturated heterocycles. The molecule has 6 N–H and O–H groups in total. The van der Waals surface area contributed by atoms with Gasteiger partial charge in [0.2, 0.25) is 11.8 Å². The quantitative estimate of drug-likeness (QED) is 0.382. The van der Waals surface area contributed by atoms with Gasteiger partial charge in [0.05, 0.1) is 13.1 Å². The monoisotopic (exact) mass is 218 g/mol. The Hall–Kier alpha value is -1.83. The van der Waals surface area contributed by atoms with Gasteiger partial charge in [0.25, 0.3) is 0 Å². The average molecular weight is 218 g/mol. The zero-order valence-corrected chi connectivity index (χ0v) is 8.28. The number of ether oxygens (including phenoxy) is 1. The van der Waals surface area contributed by atoms with Crippen molar-refractivity contribution in [2.24, 2.45) is 11.5 Å². The number of carbonyl (C=O) groups excluding carboxylic acids is 3. The van der Waals surface area contributed by atoms with Crippen molar-refractivity contribution in [3.05, 3.63) is 0 Å². The predicted molar refractivity (Wildman–Crippen MR) is 50.3 cm³/mol. The fourth-order valence-corrected chi connectivity index (χ4v) is 0.732. The maximum Gasteiger partial charge on any atom is 0.406 e. The molecular formula is C7H14N4O4. The second kappa shape index (κ2) is 6.60. The first kappa shape index (κ1) is 13.2. The van der Waals surface area contributed by atoms with E-state index < -0.39 is 24.1 Å². The standard InChI is InChI=1S/C7H14N4O4/c1-4(15-7(9)14)11-6(13)3-10-5(12)2-8/h4H,2-3,8H2,1H3,(H2,9,14)(H,10,12)(H,11,13). The van der Waals surface area contributed by atoms with Crippen molar-refractivity contribution < 1.29 is 19.1 Å². The number of amides is 3. The topological polar surface area (TPSA) is 137 Å². The Labute approximate surface area is 86.3 Å². The van der Waals surface area contributed by atoms with E-state index >= 15 is 0 Å². The largest absolute Gasteiger partial charge is 0.426 e. The van der Waals surface area contributed by atoms with Crippen LogP contribution in [-0.4, -0.2) is 37.2 Å². The summed E-state index contributed by atoms with van der Waals surface area (Å²) in [4.78, 5) is 32.0. The van der Waals surface area contributed by atoms with Gasteiger partial charge in [-0.15, -0.1) is 0 Å². The Bertz CT molecular complexity index is 255. The minimum atomic E-state index is -0.992. The molecule has 0 aromatic heterocycles. The van der Waals surface area contributed by atoms with Crippen molar-refractivity contribution >= 4 is 17.9 Å². The van der Waals surface area contributed by atoms with Crippen LogP contribution in [0.3, 0.4) is 0 Å². The number of primary amides is 1. The first-order chi connectivity index (χ1) is 6.95. The summed E-state index contributed by atoms with van der Waals surface area (Å²) in [7, 11) is 0. The normalized spacial score (nSPS) is 11.3. The van der Waals surface area contributed by atoms with Crippen LogP contribution in [-0.2, 0) is 14.3 Å². The van der Waals surface area contributed by atoms with E-state index in [-0.39, 0.29) is 13.1 Å². The fourth-order valence-electron chi connectivity index (χ4n) is 0.732. The first-order valence-electron chi connectivity index (χ1n) is 4.18. The molecule has 0 aliphatic heterocycles. The Kier molecular flexibility index (Phi) is 5.79. The molecule has 0 bridgehead atoms. The Morgan fingerprint density at radius 1 is 1.33 bits per heavy atom. The summed E-state index contributed by atoms with van der Waals surface area (Å²) < 4.78 is 4.42. The SMILES string of the molecule is CC(NC(=O)CNC(=O)CN)OC(N)=O. The molecule has 0 saturated carbocycles. The smallest absolute Gasteiger partial charge is 0.406 e. The minimum Gasteiger partial charge on any atom is -0.426 e. The number of hydrogen-bond acceptors (Lipinski definition) is 5. The number of rotatable bonds is 5. The van der Waals surface area contributed by atoms with Gasteiger partial charge in [-0.05, 0) is 6.92 Å². The van der Waals surface area contributed by atoms with Crippen molar-refractivity contribution in [2.45, 2.75) is 13.2 Å². The zero-order chi connectivity index (χ0) is 11.8. The molecule has 0 aromatic rings. The summed E-state index contributed by atoms with van der Waals surface area (Å²) >= 11 is 0. The number of nitrogens with two attached hydrogens (primary N) is 2. The van der Waals surface area contributed by atoms with Gasteiger partial charge in [-0.3, -0.25) is 9.59 Å². The van der Waals surface area contributed by atoms with Crippen LogP contribution in [0, 0.1) is 0 Å². The summed E-state index contributed by atoms with van der Waals surface area (Å²) in [5.41, 5.74) is 9.71. The van der Waals surface area contributed by atoms with Crippen molar-refractivity contribution in [1.82, 2.24) is 10.6 Å². The summed E-state index contributed by atoms with van der Waals surface area (Å²) in [5, 5.41) is 4.52. The summed E-state index contributed by atoms with van der Waals surface area (Å²) in [5.74, 6) is -0.959. The number of carbonyl (C=O) groups is 3. The first-order valence-corrected chi connectivity index (χ1v) is 4.18. The molecule has 8 nitrogen and oxygen atoms in total. The van der Waals surface area contributed by atoms with E-state index in [9.17, 15) is 14.4 Å². The molecule has 86 valence electrons. The molecule has 0 aliphatic carbocycles. The van der Waals surface area contributed by atoms with Gasteiger partial charge in [-0.1, -0.05) is 0 Å². The number of nitrogens with one attached hydrogen (secondary N) is 2. The highest BCUT2D eigenvalue weighted by Gasteiger charge is 2.10. The van der Waals surface area contributed by atoms with Gasteiger partial charge in [0, 0.05) is 0 Å². The van der Waals surface area contributed by atoms with E-state index in [4.69, 9.17) is 11.5 Å². The van der Waals surface area contributed by atoms with Crippen LogP contribution in [0.25, 0.3) is 0 Å². The lowest BCUT2D eigenvalue weighted by atomic mass is 10.5. The molecule has 8 heteroatoms. The lowest BCUT2D eigenvalue weighted by molar-refractivity contribution is -0.127. The molecule has 3 amide bonds. The van der Waals surface area contributed by atoms with Crippen molar-refractivity contribution in [3.63, 3.8) is 0 Å². The van der Waals surface area contributed by atoms with Gasteiger partial charge in [-0.2, -0.15) is 0 Å². The average Bonchev–Trinajstić information content (AvgIpc) is 2.12. The predicted octanol–water partition coefficient (Wildman–Crippen LogP) is -2.38. The van der Waals surface area contributed by atoms with E-state index in [1.807, 2.05) is 0 Å². The Balaban J connectivity index is 3.73. The maximum atomic E-state index is 11.1. The van der Waals surface area contributed by atoms with Gasteiger partial charge in [0.15, 0.2) is 6.23 Å². The molecule has 0 aromatic carbocycles. The van der Waals surface area contributed by atoms with Crippen LogP contribution in [0.15, 0.2) is 0 Å². The van der Waals surface area contributed by atoms with Gasteiger partial charge < -0.3 is 26.8 Å². The summed E-state index contributed by atoms with van der Waals surface area (Å²) in [6.07, 6.45) is -1.83. The van der Waals surface area contributed by atoms with E-state index in [0.29, 0.717) is 0 Å². The third-order valence-corrected chi connectivity index (χ3v) is 1.29. The van der Waals surface area contributed by atoms with Gasteiger partial charge in [0.1, 0.15) is 0 Å². The third kappa shape index (κ3) is 7.26. The molecule has 1 unspecified atom stereocenters. The van der Waals surface area contributed by atoms with Crippen LogP contribution in [0.1, 0.15) is 6.92 Å². The summed E-state index contributed by atoms with van der Waals surface area (Å²) in [6, 6.07) is 0. The highest BCUT2D eigenvalue weighted by molar-refractivity contribution is 5.85. The van der Waals surface area contributed by atoms with Crippen LogP contribution in [0.5, 0.6) is 0 Å². The molecule has 0 rings (SSSR count). The van der Waals surface area contributed by atoms with E-state index in [2.05, 4.69) is 15.4 Å². The minimum absolute atomic E-state index is 0.194. The molecule has 0 heterocycles. The molecule has 1 atom stereocenters. The maximum absolute atomic E-state index is 11.1. The zero-order valence-electron chi connectivity index (χ0n) is 8.28. The van der Waals surface area contributed by atoms with Crippen molar-refractivity contribution in [1.29, 1.82) is 0 Å². The Morgan fingerprint density at radius 2 is 1.93 bits per heavy atom. The molecule has 0 radical (unpaired) electrons. The van der Waals surface area contributed by atoms with Crippen LogP contribution in [0.4, 0.5) is 4.79 Å². The van der Waals surface area contributed by atoms with Crippen molar-refractivity contribution in [3.8, 4) is 0 Å². The van der Waals surface area contributed by atoms with E-state index in [0.717, 1.165) is 0 Å².